The molecule has 1 aromatic heterocycles. The largest absolute Gasteiger partial charge is 0.457 e. The van der Waals surface area contributed by atoms with E-state index in [0.29, 0.717) is 28.2 Å². The van der Waals surface area contributed by atoms with Crippen LogP contribution in [0.1, 0.15) is 15.9 Å². The number of furan rings is 1. The standard InChI is InChI=1S/C49H31NO6S/c51-47-42-15-7-8-20-45(42)57(52,53)46-30-21-32(31-43(46)47)39-16-9-17-40-41-18-10-19-44(49(41)56-48(39)40)50(33-22-26-37(27-23-33)54-35-11-3-1-4-12-35)34-24-28-38(29-25-34)55-36-13-5-2-6-14-36/h1-31H. The summed E-state index contributed by atoms with van der Waals surface area (Å²) in [5, 5.41) is 1.78. The fraction of sp³-hybridized carbons (Fsp3) is 0. The molecular weight excluding hydrogens is 731 g/mol. The molecule has 0 radical (unpaired) electrons. The van der Waals surface area contributed by atoms with Gasteiger partial charge in [0.25, 0.3) is 0 Å². The summed E-state index contributed by atoms with van der Waals surface area (Å²) in [5.74, 6) is 2.56. The monoisotopic (exact) mass is 761 g/mol. The van der Waals surface area contributed by atoms with Crippen LogP contribution in [0, 0.1) is 0 Å². The molecule has 1 aliphatic rings. The number of fused-ring (bicyclic) bond motifs is 5. The van der Waals surface area contributed by atoms with Crippen LogP contribution < -0.4 is 14.4 Å². The lowest BCUT2D eigenvalue weighted by atomic mass is 9.96. The van der Waals surface area contributed by atoms with E-state index in [1.165, 1.54) is 12.1 Å². The van der Waals surface area contributed by atoms with Gasteiger partial charge in [0.05, 0.1) is 15.5 Å². The Labute approximate surface area is 328 Å². The molecule has 8 heteroatoms. The molecule has 0 bridgehead atoms. The highest BCUT2D eigenvalue weighted by atomic mass is 32.2. The molecule has 2 heterocycles. The molecule has 9 aromatic rings. The molecule has 0 N–H and O–H groups in total. The van der Waals surface area contributed by atoms with Crippen LogP contribution in [0.3, 0.4) is 0 Å². The highest BCUT2D eigenvalue weighted by Crippen LogP contribution is 2.45. The Morgan fingerprint density at radius 1 is 0.439 bits per heavy atom. The summed E-state index contributed by atoms with van der Waals surface area (Å²) in [7, 11) is -3.87. The zero-order chi connectivity index (χ0) is 38.5. The predicted octanol–water partition coefficient (Wildman–Crippen LogP) is 12.7. The van der Waals surface area contributed by atoms with Crippen LogP contribution in [-0.2, 0) is 9.84 Å². The first-order valence-corrected chi connectivity index (χ1v) is 19.8. The number of rotatable bonds is 8. The lowest BCUT2D eigenvalue weighted by Crippen LogP contribution is -2.20. The van der Waals surface area contributed by atoms with Gasteiger partial charge in [0.15, 0.2) is 11.4 Å². The highest BCUT2D eigenvalue weighted by Gasteiger charge is 2.35. The third kappa shape index (κ3) is 6.00. The van der Waals surface area contributed by atoms with Gasteiger partial charge in [-0.2, -0.15) is 0 Å². The Morgan fingerprint density at radius 2 is 0.947 bits per heavy atom. The molecule has 57 heavy (non-hydrogen) atoms. The molecule has 10 rings (SSSR count). The Hall–Kier alpha value is -7.42. The quantitative estimate of drug-likeness (QED) is 0.152. The van der Waals surface area contributed by atoms with Crippen LogP contribution >= 0.6 is 0 Å². The number of benzene rings is 8. The molecule has 1 aliphatic heterocycles. The molecular formula is C49H31NO6S. The van der Waals surface area contributed by atoms with Gasteiger partial charge in [0.2, 0.25) is 9.84 Å². The number of carbonyl (C=O) groups excluding carboxylic acids is 1. The van der Waals surface area contributed by atoms with E-state index in [9.17, 15) is 13.2 Å². The van der Waals surface area contributed by atoms with Crippen LogP contribution in [0.4, 0.5) is 17.1 Å². The maximum Gasteiger partial charge on any atom is 0.208 e. The van der Waals surface area contributed by atoms with Crippen molar-refractivity contribution >= 4 is 54.6 Å². The zero-order valence-electron chi connectivity index (χ0n) is 30.2. The topological polar surface area (TPSA) is 86.0 Å². The van der Waals surface area contributed by atoms with E-state index in [0.717, 1.165) is 44.9 Å². The van der Waals surface area contributed by atoms with Gasteiger partial charge < -0.3 is 18.8 Å². The third-order valence-electron chi connectivity index (χ3n) is 10.1. The van der Waals surface area contributed by atoms with Crippen molar-refractivity contribution < 1.29 is 27.1 Å². The highest BCUT2D eigenvalue weighted by molar-refractivity contribution is 7.91. The molecule has 274 valence electrons. The van der Waals surface area contributed by atoms with Crippen LogP contribution in [0.2, 0.25) is 0 Å². The smallest absolute Gasteiger partial charge is 0.208 e. The number of ketones is 1. The second-order valence-corrected chi connectivity index (χ2v) is 15.5. The molecule has 0 saturated heterocycles. The summed E-state index contributed by atoms with van der Waals surface area (Å²) >= 11 is 0. The van der Waals surface area contributed by atoms with Crippen molar-refractivity contribution in [1.82, 2.24) is 0 Å². The van der Waals surface area contributed by atoms with Crippen molar-refractivity contribution in [2.45, 2.75) is 9.79 Å². The minimum atomic E-state index is -3.87. The van der Waals surface area contributed by atoms with Crippen LogP contribution in [-0.4, -0.2) is 14.2 Å². The number of sulfone groups is 1. The van der Waals surface area contributed by atoms with Crippen molar-refractivity contribution in [3.8, 4) is 34.1 Å². The van der Waals surface area contributed by atoms with E-state index in [2.05, 4.69) is 4.90 Å². The fourth-order valence-corrected chi connectivity index (χ4v) is 9.11. The molecule has 7 nitrogen and oxygen atoms in total. The minimum Gasteiger partial charge on any atom is -0.457 e. The van der Waals surface area contributed by atoms with Crippen molar-refractivity contribution in [2.75, 3.05) is 4.90 Å². The van der Waals surface area contributed by atoms with Gasteiger partial charge in [-0.3, -0.25) is 4.79 Å². The SMILES string of the molecule is O=C1c2ccccc2S(=O)(=O)c2ccc(-c3cccc4c3oc3c(N(c5ccc(Oc6ccccc6)cc5)c5ccc(Oc6ccccc6)cc5)cccc34)cc21. The molecule has 0 spiro atoms. The Balaban J connectivity index is 1.09. The zero-order valence-corrected chi connectivity index (χ0v) is 31.0. The average molecular weight is 762 g/mol. The van der Waals surface area contributed by atoms with Gasteiger partial charge in [-0.1, -0.05) is 84.9 Å². The number of hydrogen-bond acceptors (Lipinski definition) is 7. The molecule has 0 aliphatic carbocycles. The molecule has 8 aromatic carbocycles. The maximum atomic E-state index is 13.7. The van der Waals surface area contributed by atoms with Crippen molar-refractivity contribution in [3.05, 3.63) is 199 Å². The number of hydrogen-bond donors (Lipinski definition) is 0. The van der Waals surface area contributed by atoms with Crippen molar-refractivity contribution in [2.24, 2.45) is 0 Å². The van der Waals surface area contributed by atoms with E-state index in [4.69, 9.17) is 13.9 Å². The van der Waals surface area contributed by atoms with Gasteiger partial charge in [-0.05, 0) is 109 Å². The summed E-state index contributed by atoms with van der Waals surface area (Å²) in [6.45, 7) is 0. The van der Waals surface area contributed by atoms with Gasteiger partial charge in [0.1, 0.15) is 28.6 Å². The van der Waals surface area contributed by atoms with Gasteiger partial charge in [-0.25, -0.2) is 8.42 Å². The van der Waals surface area contributed by atoms with E-state index in [1.807, 2.05) is 146 Å². The second kappa shape index (κ2) is 13.7. The average Bonchev–Trinajstić information content (AvgIpc) is 3.65. The first kappa shape index (κ1) is 34.1. The van der Waals surface area contributed by atoms with Crippen molar-refractivity contribution in [1.29, 1.82) is 0 Å². The van der Waals surface area contributed by atoms with Gasteiger partial charge in [-0.15, -0.1) is 0 Å². The summed E-state index contributed by atoms with van der Waals surface area (Å²) in [5.41, 5.74) is 5.53. The Morgan fingerprint density at radius 3 is 1.58 bits per heavy atom. The summed E-state index contributed by atoms with van der Waals surface area (Å²) in [6.07, 6.45) is 0. The van der Waals surface area contributed by atoms with Crippen molar-refractivity contribution in [3.63, 3.8) is 0 Å². The van der Waals surface area contributed by atoms with Crippen LogP contribution in [0.25, 0.3) is 33.1 Å². The second-order valence-electron chi connectivity index (χ2n) is 13.6. The number of ether oxygens (including phenoxy) is 2. The van der Waals surface area contributed by atoms with Crippen LogP contribution in [0.5, 0.6) is 23.0 Å². The van der Waals surface area contributed by atoms with Gasteiger partial charge in [0, 0.05) is 38.8 Å². The molecule has 0 amide bonds. The normalized spacial score (nSPS) is 12.9. The summed E-state index contributed by atoms with van der Waals surface area (Å²) in [4.78, 5) is 15.9. The summed E-state index contributed by atoms with van der Waals surface area (Å²) in [6, 6.07) is 58.3. The lowest BCUT2D eigenvalue weighted by Gasteiger charge is -2.26. The molecule has 0 unspecified atom stereocenters. The van der Waals surface area contributed by atoms with E-state index in [-0.39, 0.29) is 26.7 Å². The van der Waals surface area contributed by atoms with Crippen LogP contribution in [0.15, 0.2) is 202 Å². The van der Waals surface area contributed by atoms with E-state index < -0.39 is 9.84 Å². The Kier molecular flexibility index (Phi) is 8.20. The minimum absolute atomic E-state index is 0.00466. The fourth-order valence-electron chi connectivity index (χ4n) is 7.47. The Bertz CT molecular complexity index is 3000. The van der Waals surface area contributed by atoms with E-state index >= 15 is 0 Å². The maximum absolute atomic E-state index is 13.7. The number of anilines is 3. The first-order valence-electron chi connectivity index (χ1n) is 18.4. The summed E-state index contributed by atoms with van der Waals surface area (Å²) < 4.78 is 46.3. The van der Waals surface area contributed by atoms with E-state index in [1.54, 1.807) is 30.3 Å². The van der Waals surface area contributed by atoms with Gasteiger partial charge >= 0.3 is 0 Å². The molecule has 0 fully saturated rings. The first-order chi connectivity index (χ1) is 27.9. The number of carbonyl (C=O) groups is 1. The lowest BCUT2D eigenvalue weighted by molar-refractivity contribution is 0.103. The number of nitrogens with zero attached hydrogens (tertiary/aromatic N) is 1. The molecule has 0 atom stereocenters. The third-order valence-corrected chi connectivity index (χ3v) is 12.0. The predicted molar refractivity (Wildman–Crippen MR) is 222 cm³/mol. The molecule has 0 saturated carbocycles. The number of para-hydroxylation sites is 4.